The van der Waals surface area contributed by atoms with E-state index in [-0.39, 0.29) is 11.8 Å². The molecule has 4 nitrogen and oxygen atoms in total. The molecule has 0 spiro atoms. The van der Waals surface area contributed by atoms with E-state index >= 15 is 0 Å². The first-order valence-electron chi connectivity index (χ1n) is 5.27. The molecule has 0 fully saturated rings. The summed E-state index contributed by atoms with van der Waals surface area (Å²) in [5, 5.41) is 0. The predicted octanol–water partition coefficient (Wildman–Crippen LogP) is 1.94. The van der Waals surface area contributed by atoms with Gasteiger partial charge in [-0.3, -0.25) is 0 Å². The Morgan fingerprint density at radius 3 is 1.12 bits per heavy atom. The third kappa shape index (κ3) is 3.36. The Kier molecular flexibility index (Phi) is 5.78. The third-order valence-electron chi connectivity index (χ3n) is 2.26. The topological polar surface area (TPSA) is 52.6 Å². The first kappa shape index (κ1) is 14.7. The van der Waals surface area contributed by atoms with Crippen molar-refractivity contribution >= 4 is 11.9 Å². The van der Waals surface area contributed by atoms with E-state index in [1.807, 2.05) is 27.7 Å². The zero-order valence-corrected chi connectivity index (χ0v) is 10.8. The van der Waals surface area contributed by atoms with E-state index in [1.165, 1.54) is 14.2 Å². The molecule has 4 heteroatoms. The lowest BCUT2D eigenvalue weighted by Crippen LogP contribution is -2.21. The van der Waals surface area contributed by atoms with Crippen LogP contribution in [-0.4, -0.2) is 26.2 Å². The molecular formula is C12H20O4. The second kappa shape index (κ2) is 6.30. The zero-order chi connectivity index (χ0) is 12.9. The van der Waals surface area contributed by atoms with Gasteiger partial charge >= 0.3 is 11.9 Å². The number of ether oxygens (including phenoxy) is 2. The van der Waals surface area contributed by atoms with E-state index in [1.54, 1.807) is 0 Å². The van der Waals surface area contributed by atoms with Gasteiger partial charge in [-0.15, -0.1) is 0 Å². The summed E-state index contributed by atoms with van der Waals surface area (Å²) in [7, 11) is 2.61. The molecule has 0 bridgehead atoms. The standard InChI is InChI=1S/C12H20O4/c1-7(2)9(11(13)15-5)10(8(3)4)12(14)16-6/h7-8H,1-6H3/b10-9-. The van der Waals surface area contributed by atoms with E-state index in [9.17, 15) is 9.59 Å². The molecule has 0 amide bonds. The third-order valence-corrected chi connectivity index (χ3v) is 2.26. The average Bonchev–Trinajstić information content (AvgIpc) is 2.22. The molecule has 0 saturated carbocycles. The molecule has 16 heavy (non-hydrogen) atoms. The van der Waals surface area contributed by atoms with E-state index in [0.29, 0.717) is 11.1 Å². The molecule has 0 aliphatic carbocycles. The quantitative estimate of drug-likeness (QED) is 0.545. The molecule has 0 unspecified atom stereocenters. The summed E-state index contributed by atoms with van der Waals surface area (Å²) in [5.41, 5.74) is 0.786. The zero-order valence-electron chi connectivity index (χ0n) is 10.8. The van der Waals surface area contributed by atoms with Crippen LogP contribution in [0.2, 0.25) is 0 Å². The van der Waals surface area contributed by atoms with Gasteiger partial charge in [-0.05, 0) is 11.8 Å². The van der Waals surface area contributed by atoms with Crippen molar-refractivity contribution in [2.75, 3.05) is 14.2 Å². The lowest BCUT2D eigenvalue weighted by atomic mass is 9.90. The second-order valence-corrected chi connectivity index (χ2v) is 4.12. The average molecular weight is 228 g/mol. The van der Waals surface area contributed by atoms with Gasteiger partial charge in [0.15, 0.2) is 0 Å². The minimum absolute atomic E-state index is 0.0797. The van der Waals surface area contributed by atoms with Gasteiger partial charge < -0.3 is 9.47 Å². The van der Waals surface area contributed by atoms with Crippen molar-refractivity contribution in [2.24, 2.45) is 11.8 Å². The van der Waals surface area contributed by atoms with Crippen molar-refractivity contribution < 1.29 is 19.1 Å². The van der Waals surface area contributed by atoms with Crippen molar-refractivity contribution in [1.82, 2.24) is 0 Å². The van der Waals surface area contributed by atoms with Crippen molar-refractivity contribution in [3.63, 3.8) is 0 Å². The van der Waals surface area contributed by atoms with Crippen LogP contribution in [0.4, 0.5) is 0 Å². The molecule has 0 aromatic rings. The van der Waals surface area contributed by atoms with Crippen LogP contribution >= 0.6 is 0 Å². The second-order valence-electron chi connectivity index (χ2n) is 4.12. The Morgan fingerprint density at radius 2 is 1.00 bits per heavy atom. The maximum Gasteiger partial charge on any atom is 0.334 e. The summed E-state index contributed by atoms with van der Waals surface area (Å²) >= 11 is 0. The van der Waals surface area contributed by atoms with E-state index < -0.39 is 11.9 Å². The number of hydrogen-bond acceptors (Lipinski definition) is 4. The van der Waals surface area contributed by atoms with E-state index in [4.69, 9.17) is 9.47 Å². The summed E-state index contributed by atoms with van der Waals surface area (Å²) in [6.07, 6.45) is 0. The van der Waals surface area contributed by atoms with Gasteiger partial charge in [0.2, 0.25) is 0 Å². The van der Waals surface area contributed by atoms with Crippen LogP contribution in [0.3, 0.4) is 0 Å². The molecule has 0 N–H and O–H groups in total. The normalized spacial score (nSPS) is 12.5. The van der Waals surface area contributed by atoms with Gasteiger partial charge in [0.05, 0.1) is 25.4 Å². The van der Waals surface area contributed by atoms with Crippen molar-refractivity contribution in [2.45, 2.75) is 27.7 Å². The van der Waals surface area contributed by atoms with Crippen LogP contribution in [0.15, 0.2) is 11.1 Å². The van der Waals surface area contributed by atoms with Crippen LogP contribution in [0.5, 0.6) is 0 Å². The van der Waals surface area contributed by atoms with Crippen LogP contribution in [0.1, 0.15) is 27.7 Å². The van der Waals surface area contributed by atoms with Crippen molar-refractivity contribution in [1.29, 1.82) is 0 Å². The highest BCUT2D eigenvalue weighted by Gasteiger charge is 2.26. The molecular weight excluding hydrogens is 208 g/mol. The fourth-order valence-electron chi connectivity index (χ4n) is 1.53. The summed E-state index contributed by atoms with van der Waals surface area (Å²) < 4.78 is 9.39. The number of rotatable bonds is 4. The maximum atomic E-state index is 11.6. The van der Waals surface area contributed by atoms with Crippen LogP contribution in [-0.2, 0) is 19.1 Å². The first-order chi connectivity index (χ1) is 7.36. The molecule has 0 aliphatic heterocycles. The highest BCUT2D eigenvalue weighted by Crippen LogP contribution is 2.23. The maximum absolute atomic E-state index is 11.6. The van der Waals surface area contributed by atoms with Gasteiger partial charge in [-0.2, -0.15) is 0 Å². The molecule has 0 heterocycles. The molecule has 0 saturated heterocycles. The minimum Gasteiger partial charge on any atom is -0.466 e. The fraction of sp³-hybridized carbons (Fsp3) is 0.667. The lowest BCUT2D eigenvalue weighted by molar-refractivity contribution is -0.140. The van der Waals surface area contributed by atoms with Crippen LogP contribution in [0, 0.1) is 11.8 Å². The highest BCUT2D eigenvalue weighted by molar-refractivity contribution is 6.00. The van der Waals surface area contributed by atoms with Gasteiger partial charge in [0.1, 0.15) is 0 Å². The minimum atomic E-state index is -0.468. The van der Waals surface area contributed by atoms with Crippen LogP contribution < -0.4 is 0 Å². The number of esters is 2. The number of carbonyl (C=O) groups is 2. The molecule has 0 aromatic heterocycles. The predicted molar refractivity (Wildman–Crippen MR) is 60.7 cm³/mol. The molecule has 0 aromatic carbocycles. The van der Waals surface area contributed by atoms with E-state index in [2.05, 4.69) is 0 Å². The Bertz CT molecular complexity index is 270. The highest BCUT2D eigenvalue weighted by atomic mass is 16.5. The molecule has 0 rings (SSSR count). The monoisotopic (exact) mass is 228 g/mol. The van der Waals surface area contributed by atoms with Crippen molar-refractivity contribution in [3.05, 3.63) is 11.1 Å². The smallest absolute Gasteiger partial charge is 0.334 e. The van der Waals surface area contributed by atoms with Gasteiger partial charge in [-0.25, -0.2) is 9.59 Å². The SMILES string of the molecule is COC(=O)/C(=C(\C(=O)OC)C(C)C)C(C)C. The lowest BCUT2D eigenvalue weighted by Gasteiger charge is -2.17. The Morgan fingerprint density at radius 1 is 0.750 bits per heavy atom. The Labute approximate surface area is 96.6 Å². The summed E-state index contributed by atoms with van der Waals surface area (Å²) in [5.74, 6) is -1.10. The van der Waals surface area contributed by atoms with Gasteiger partial charge in [-0.1, -0.05) is 27.7 Å². The van der Waals surface area contributed by atoms with Crippen molar-refractivity contribution in [3.8, 4) is 0 Å². The van der Waals surface area contributed by atoms with Gasteiger partial charge in [0.25, 0.3) is 0 Å². The molecule has 0 aliphatic rings. The summed E-state index contributed by atoms with van der Waals surface area (Å²) in [6, 6.07) is 0. The number of hydrogen-bond donors (Lipinski definition) is 0. The Balaban J connectivity index is 5.63. The van der Waals surface area contributed by atoms with E-state index in [0.717, 1.165) is 0 Å². The first-order valence-corrected chi connectivity index (χ1v) is 5.27. The fourth-order valence-corrected chi connectivity index (χ4v) is 1.53. The largest absolute Gasteiger partial charge is 0.466 e. The number of methoxy groups -OCH3 is 2. The van der Waals surface area contributed by atoms with Crippen LogP contribution in [0.25, 0.3) is 0 Å². The summed E-state index contributed by atoms with van der Waals surface area (Å²) in [4.78, 5) is 23.3. The molecule has 0 radical (unpaired) electrons. The summed E-state index contributed by atoms with van der Waals surface area (Å²) in [6.45, 7) is 7.38. The molecule has 0 atom stereocenters. The molecule has 92 valence electrons. The van der Waals surface area contributed by atoms with Gasteiger partial charge in [0, 0.05) is 0 Å². The number of carbonyl (C=O) groups excluding carboxylic acids is 2. The Hall–Kier alpha value is -1.32.